The molecule has 1 unspecified atom stereocenters. The minimum absolute atomic E-state index is 0.0417. The van der Waals surface area contributed by atoms with E-state index < -0.39 is 0 Å². The molecule has 1 aromatic heterocycles. The molecule has 0 aliphatic heterocycles. The van der Waals surface area contributed by atoms with Crippen molar-refractivity contribution >= 4 is 28.2 Å². The Hall–Kier alpha value is -2.54. The summed E-state index contributed by atoms with van der Waals surface area (Å²) in [6.45, 7) is 6.87. The van der Waals surface area contributed by atoms with Gasteiger partial charge in [-0.05, 0) is 63.4 Å². The number of benzene rings is 1. The van der Waals surface area contributed by atoms with Gasteiger partial charge in [0.05, 0.1) is 29.1 Å². The van der Waals surface area contributed by atoms with Crippen LogP contribution in [0.5, 0.6) is 11.5 Å². The molecule has 28 heavy (non-hydrogen) atoms. The summed E-state index contributed by atoms with van der Waals surface area (Å²) < 4.78 is 11.2. The van der Waals surface area contributed by atoms with Crippen LogP contribution in [0.25, 0.3) is 0 Å². The van der Waals surface area contributed by atoms with Crippen LogP contribution in [-0.4, -0.2) is 25.0 Å². The molecule has 1 atom stereocenters. The Bertz CT molecular complexity index is 845. The van der Waals surface area contributed by atoms with Crippen LogP contribution in [0.2, 0.25) is 0 Å². The summed E-state index contributed by atoms with van der Waals surface area (Å²) in [5, 5.41) is 6.57. The number of ether oxygens (including phenoxy) is 2. The fraction of sp³-hybridized carbons (Fsp3) is 0.429. The Morgan fingerprint density at radius 1 is 1.11 bits per heavy atom. The number of nitrogens with one attached hydrogen (secondary N) is 2. The first-order valence-electron chi connectivity index (χ1n) is 9.62. The molecular formula is C21H26N2O4S. The molecule has 3 rings (SSSR count). The molecule has 0 radical (unpaired) electrons. The first-order valence-corrected chi connectivity index (χ1v) is 10.4. The maximum absolute atomic E-state index is 12.6. The molecule has 0 bridgehead atoms. The fourth-order valence-electron chi connectivity index (χ4n) is 2.78. The van der Waals surface area contributed by atoms with Gasteiger partial charge in [-0.3, -0.25) is 9.59 Å². The van der Waals surface area contributed by atoms with Crippen molar-refractivity contribution in [1.82, 2.24) is 5.32 Å². The van der Waals surface area contributed by atoms with Crippen molar-refractivity contribution in [2.24, 2.45) is 5.92 Å². The first kappa shape index (κ1) is 20.2. The maximum Gasteiger partial charge on any atom is 0.261 e. The molecule has 1 heterocycles. The van der Waals surface area contributed by atoms with Gasteiger partial charge >= 0.3 is 0 Å². The molecule has 2 amide bonds. The largest absolute Gasteiger partial charge is 0.490 e. The molecule has 2 N–H and O–H groups in total. The van der Waals surface area contributed by atoms with Gasteiger partial charge < -0.3 is 20.1 Å². The van der Waals surface area contributed by atoms with E-state index in [0.717, 1.165) is 18.4 Å². The summed E-state index contributed by atoms with van der Waals surface area (Å²) in [5.41, 5.74) is 0.930. The molecule has 1 aliphatic carbocycles. The summed E-state index contributed by atoms with van der Waals surface area (Å²) in [5.74, 6) is 1.37. The van der Waals surface area contributed by atoms with Gasteiger partial charge in [0.1, 0.15) is 0 Å². The minimum Gasteiger partial charge on any atom is -0.490 e. The molecule has 1 saturated carbocycles. The Labute approximate surface area is 169 Å². The van der Waals surface area contributed by atoms with Crippen molar-refractivity contribution in [3.05, 3.63) is 40.8 Å². The van der Waals surface area contributed by atoms with Crippen LogP contribution in [0, 0.1) is 5.92 Å². The highest BCUT2D eigenvalue weighted by Gasteiger charge is 2.30. The molecule has 0 spiro atoms. The molecule has 7 heteroatoms. The normalized spacial score (nSPS) is 14.2. The van der Waals surface area contributed by atoms with Crippen LogP contribution < -0.4 is 20.1 Å². The Balaban J connectivity index is 1.64. The zero-order chi connectivity index (χ0) is 20.1. The summed E-state index contributed by atoms with van der Waals surface area (Å²) in [7, 11) is 0. The van der Waals surface area contributed by atoms with E-state index in [0.29, 0.717) is 34.6 Å². The summed E-state index contributed by atoms with van der Waals surface area (Å²) in [6, 6.07) is 8.99. The van der Waals surface area contributed by atoms with Gasteiger partial charge in [-0.2, -0.15) is 0 Å². The lowest BCUT2D eigenvalue weighted by Gasteiger charge is -2.17. The highest BCUT2D eigenvalue weighted by molar-refractivity contribution is 7.18. The predicted octanol–water partition coefficient (Wildman–Crippen LogP) is 4.39. The number of rotatable bonds is 9. The second kappa shape index (κ2) is 9.10. The van der Waals surface area contributed by atoms with Crippen LogP contribution in [0.1, 0.15) is 54.9 Å². The molecule has 1 aliphatic rings. The third-order valence-electron chi connectivity index (χ3n) is 4.44. The van der Waals surface area contributed by atoms with Gasteiger partial charge in [-0.15, -0.1) is 11.3 Å². The maximum atomic E-state index is 12.6. The summed E-state index contributed by atoms with van der Waals surface area (Å²) in [6.07, 6.45) is 1.90. The summed E-state index contributed by atoms with van der Waals surface area (Å²) >= 11 is 1.28. The number of hydrogen-bond acceptors (Lipinski definition) is 5. The lowest BCUT2D eigenvalue weighted by Crippen LogP contribution is -2.25. The van der Waals surface area contributed by atoms with Crippen molar-refractivity contribution in [1.29, 1.82) is 0 Å². The molecule has 1 aromatic carbocycles. The van der Waals surface area contributed by atoms with Crippen LogP contribution in [0.15, 0.2) is 30.3 Å². The second-order valence-electron chi connectivity index (χ2n) is 6.69. The number of thiophene rings is 1. The van der Waals surface area contributed by atoms with E-state index >= 15 is 0 Å². The van der Waals surface area contributed by atoms with E-state index in [9.17, 15) is 9.59 Å². The van der Waals surface area contributed by atoms with E-state index in [1.165, 1.54) is 11.3 Å². The number of hydrogen-bond donors (Lipinski definition) is 2. The molecule has 150 valence electrons. The van der Waals surface area contributed by atoms with Gasteiger partial charge in [0.15, 0.2) is 11.5 Å². The van der Waals surface area contributed by atoms with E-state index in [2.05, 4.69) is 10.6 Å². The number of carbonyl (C=O) groups is 2. The van der Waals surface area contributed by atoms with E-state index in [1.54, 1.807) is 12.1 Å². The standard InChI is InChI=1S/C21H26N2O4S/c1-4-26-16-9-8-15(12-17(16)27-5-2)13(3)22-21(25)18-10-11-19(28-18)23-20(24)14-6-7-14/h8-14H,4-7H2,1-3H3,(H,22,25)(H,23,24). The Morgan fingerprint density at radius 2 is 1.82 bits per heavy atom. The molecule has 2 aromatic rings. The van der Waals surface area contributed by atoms with E-state index in [-0.39, 0.29) is 23.8 Å². The summed E-state index contributed by atoms with van der Waals surface area (Å²) in [4.78, 5) is 25.0. The number of anilines is 1. The van der Waals surface area contributed by atoms with E-state index in [1.807, 2.05) is 39.0 Å². The van der Waals surface area contributed by atoms with Crippen LogP contribution in [0.4, 0.5) is 5.00 Å². The average Bonchev–Trinajstić information content (AvgIpc) is 3.43. The molecular weight excluding hydrogens is 376 g/mol. The van der Waals surface area contributed by atoms with Crippen LogP contribution in [-0.2, 0) is 4.79 Å². The Morgan fingerprint density at radius 3 is 2.50 bits per heavy atom. The zero-order valence-corrected chi connectivity index (χ0v) is 17.2. The number of amides is 2. The quantitative estimate of drug-likeness (QED) is 0.652. The van der Waals surface area contributed by atoms with E-state index in [4.69, 9.17) is 9.47 Å². The SMILES string of the molecule is CCOc1ccc(C(C)NC(=O)c2ccc(NC(=O)C3CC3)s2)cc1OCC. The monoisotopic (exact) mass is 402 g/mol. The van der Waals surface area contributed by atoms with Crippen LogP contribution >= 0.6 is 11.3 Å². The van der Waals surface area contributed by atoms with Gasteiger partial charge in [0.25, 0.3) is 5.91 Å². The average molecular weight is 403 g/mol. The highest BCUT2D eigenvalue weighted by Crippen LogP contribution is 2.32. The highest BCUT2D eigenvalue weighted by atomic mass is 32.1. The third-order valence-corrected chi connectivity index (χ3v) is 5.44. The molecule has 0 saturated heterocycles. The minimum atomic E-state index is -0.200. The first-order chi connectivity index (χ1) is 13.5. The smallest absolute Gasteiger partial charge is 0.261 e. The van der Waals surface area contributed by atoms with Crippen molar-refractivity contribution in [3.63, 3.8) is 0 Å². The number of carbonyl (C=O) groups excluding carboxylic acids is 2. The van der Waals surface area contributed by atoms with Crippen molar-refractivity contribution < 1.29 is 19.1 Å². The Kier molecular flexibility index (Phi) is 6.57. The topological polar surface area (TPSA) is 76.7 Å². The van der Waals surface area contributed by atoms with Crippen molar-refractivity contribution in [3.8, 4) is 11.5 Å². The van der Waals surface area contributed by atoms with Gasteiger partial charge in [-0.25, -0.2) is 0 Å². The van der Waals surface area contributed by atoms with Gasteiger partial charge in [-0.1, -0.05) is 6.07 Å². The lowest BCUT2D eigenvalue weighted by atomic mass is 10.1. The van der Waals surface area contributed by atoms with Gasteiger partial charge in [0.2, 0.25) is 5.91 Å². The van der Waals surface area contributed by atoms with Crippen LogP contribution in [0.3, 0.4) is 0 Å². The molecule has 6 nitrogen and oxygen atoms in total. The third kappa shape index (κ3) is 5.04. The van der Waals surface area contributed by atoms with Crippen molar-refractivity contribution in [2.45, 2.75) is 39.7 Å². The second-order valence-corrected chi connectivity index (χ2v) is 7.78. The van der Waals surface area contributed by atoms with Gasteiger partial charge in [0, 0.05) is 5.92 Å². The zero-order valence-electron chi connectivity index (χ0n) is 16.4. The molecule has 1 fully saturated rings. The predicted molar refractivity (Wildman–Crippen MR) is 110 cm³/mol. The lowest BCUT2D eigenvalue weighted by molar-refractivity contribution is -0.117. The van der Waals surface area contributed by atoms with Crippen molar-refractivity contribution in [2.75, 3.05) is 18.5 Å². The fourth-order valence-corrected chi connectivity index (χ4v) is 3.60.